The lowest BCUT2D eigenvalue weighted by Crippen LogP contribution is -2.03. The SMILES string of the molecule is CC(=O)c1ccc(F)cc1S(=O)(=O)Cl. The molecule has 76 valence electrons. The summed E-state index contributed by atoms with van der Waals surface area (Å²) in [5.74, 6) is -1.24. The normalized spacial score (nSPS) is 11.4. The summed E-state index contributed by atoms with van der Waals surface area (Å²) in [4.78, 5) is 10.5. The van der Waals surface area contributed by atoms with Crippen molar-refractivity contribution in [1.29, 1.82) is 0 Å². The summed E-state index contributed by atoms with van der Waals surface area (Å²) in [6, 6.07) is 2.81. The van der Waals surface area contributed by atoms with Gasteiger partial charge in [-0.05, 0) is 25.1 Å². The van der Waals surface area contributed by atoms with E-state index in [2.05, 4.69) is 0 Å². The van der Waals surface area contributed by atoms with Crippen LogP contribution in [0.5, 0.6) is 0 Å². The number of benzene rings is 1. The van der Waals surface area contributed by atoms with E-state index in [1.165, 1.54) is 6.92 Å². The average Bonchev–Trinajstić information content (AvgIpc) is 2.01. The van der Waals surface area contributed by atoms with Gasteiger partial charge in [-0.3, -0.25) is 4.79 Å². The van der Waals surface area contributed by atoms with Crippen LogP contribution in [0.25, 0.3) is 0 Å². The molecule has 0 atom stereocenters. The van der Waals surface area contributed by atoms with Gasteiger partial charge in [0.2, 0.25) is 0 Å². The Labute approximate surface area is 84.9 Å². The van der Waals surface area contributed by atoms with Crippen molar-refractivity contribution in [3.05, 3.63) is 29.6 Å². The first-order chi connectivity index (χ1) is 6.32. The maximum absolute atomic E-state index is 12.7. The molecule has 0 radical (unpaired) electrons. The molecular weight excluding hydrogens is 231 g/mol. The molecule has 0 N–H and O–H groups in total. The van der Waals surface area contributed by atoms with Gasteiger partial charge in [0.25, 0.3) is 9.05 Å². The molecule has 0 spiro atoms. The summed E-state index contributed by atoms with van der Waals surface area (Å²) >= 11 is 0. The highest BCUT2D eigenvalue weighted by molar-refractivity contribution is 8.13. The Hall–Kier alpha value is -0.940. The fourth-order valence-electron chi connectivity index (χ4n) is 0.989. The predicted octanol–water partition coefficient (Wildman–Crippen LogP) is 1.96. The summed E-state index contributed by atoms with van der Waals surface area (Å²) in [6.45, 7) is 1.18. The Kier molecular flexibility index (Phi) is 2.92. The third-order valence-corrected chi connectivity index (χ3v) is 2.95. The maximum Gasteiger partial charge on any atom is 0.262 e. The average molecular weight is 237 g/mol. The highest BCUT2D eigenvalue weighted by atomic mass is 35.7. The van der Waals surface area contributed by atoms with Crippen LogP contribution in [0.2, 0.25) is 0 Å². The van der Waals surface area contributed by atoms with E-state index in [1.807, 2.05) is 0 Å². The second-order valence-corrected chi connectivity index (χ2v) is 5.17. The molecular formula is C8H6ClFO3S. The van der Waals surface area contributed by atoms with Crippen molar-refractivity contribution in [2.75, 3.05) is 0 Å². The minimum absolute atomic E-state index is 0.110. The van der Waals surface area contributed by atoms with Crippen LogP contribution in [-0.4, -0.2) is 14.2 Å². The highest BCUT2D eigenvalue weighted by Gasteiger charge is 2.18. The Morgan fingerprint density at radius 1 is 1.43 bits per heavy atom. The summed E-state index contributed by atoms with van der Waals surface area (Å²) in [5.41, 5.74) is -0.110. The molecule has 6 heteroatoms. The number of carbonyl (C=O) groups excluding carboxylic acids is 1. The van der Waals surface area contributed by atoms with E-state index >= 15 is 0 Å². The van der Waals surface area contributed by atoms with E-state index in [4.69, 9.17) is 10.7 Å². The number of hydrogen-bond donors (Lipinski definition) is 0. The summed E-state index contributed by atoms with van der Waals surface area (Å²) in [6.07, 6.45) is 0. The second kappa shape index (κ2) is 3.67. The molecule has 0 heterocycles. The Balaban J connectivity index is 3.54. The van der Waals surface area contributed by atoms with Gasteiger partial charge in [-0.2, -0.15) is 0 Å². The number of halogens is 2. The topological polar surface area (TPSA) is 51.2 Å². The van der Waals surface area contributed by atoms with Gasteiger partial charge in [-0.15, -0.1) is 0 Å². The smallest absolute Gasteiger partial charge is 0.262 e. The van der Waals surface area contributed by atoms with E-state index in [-0.39, 0.29) is 5.56 Å². The predicted molar refractivity (Wildman–Crippen MR) is 49.4 cm³/mol. The largest absolute Gasteiger partial charge is 0.294 e. The minimum atomic E-state index is -4.09. The van der Waals surface area contributed by atoms with Gasteiger partial charge in [0.15, 0.2) is 5.78 Å². The molecule has 0 saturated heterocycles. The molecule has 0 unspecified atom stereocenters. The second-order valence-electron chi connectivity index (χ2n) is 2.63. The number of rotatable bonds is 2. The lowest BCUT2D eigenvalue weighted by atomic mass is 10.1. The molecule has 1 rings (SSSR count). The van der Waals surface area contributed by atoms with Gasteiger partial charge in [-0.1, -0.05) is 0 Å². The van der Waals surface area contributed by atoms with Gasteiger partial charge in [0.1, 0.15) is 5.82 Å². The van der Waals surface area contributed by atoms with Gasteiger partial charge >= 0.3 is 0 Å². The number of Topliss-reactive ketones (excluding diaryl/α,β-unsaturated/α-hetero) is 1. The van der Waals surface area contributed by atoms with E-state index in [0.29, 0.717) is 0 Å². The van der Waals surface area contributed by atoms with E-state index in [9.17, 15) is 17.6 Å². The van der Waals surface area contributed by atoms with Crippen LogP contribution in [0, 0.1) is 5.82 Å². The zero-order valence-corrected chi connectivity index (χ0v) is 8.69. The summed E-state index contributed by atoms with van der Waals surface area (Å²) < 4.78 is 34.6. The Bertz CT molecular complexity index is 481. The van der Waals surface area contributed by atoms with Crippen LogP contribution in [-0.2, 0) is 9.05 Å². The van der Waals surface area contributed by atoms with Crippen LogP contribution in [0.15, 0.2) is 23.1 Å². The van der Waals surface area contributed by atoms with E-state index in [0.717, 1.165) is 18.2 Å². The van der Waals surface area contributed by atoms with Crippen LogP contribution in [0.4, 0.5) is 4.39 Å². The van der Waals surface area contributed by atoms with Crippen molar-refractivity contribution in [2.45, 2.75) is 11.8 Å². The van der Waals surface area contributed by atoms with Crippen molar-refractivity contribution in [3.8, 4) is 0 Å². The third-order valence-electron chi connectivity index (χ3n) is 1.59. The van der Waals surface area contributed by atoms with Gasteiger partial charge < -0.3 is 0 Å². The Morgan fingerprint density at radius 2 is 2.00 bits per heavy atom. The van der Waals surface area contributed by atoms with Gasteiger partial charge in [-0.25, -0.2) is 12.8 Å². The molecule has 0 aliphatic heterocycles. The van der Waals surface area contributed by atoms with Crippen molar-refractivity contribution in [1.82, 2.24) is 0 Å². The first-order valence-electron chi connectivity index (χ1n) is 3.57. The fraction of sp³-hybridized carbons (Fsp3) is 0.125. The summed E-state index contributed by atoms with van der Waals surface area (Å²) in [5, 5.41) is 0. The molecule has 0 fully saturated rings. The summed E-state index contributed by atoms with van der Waals surface area (Å²) in [7, 11) is 0.943. The lowest BCUT2D eigenvalue weighted by molar-refractivity contribution is 0.101. The monoisotopic (exact) mass is 236 g/mol. The molecule has 0 saturated carbocycles. The minimum Gasteiger partial charge on any atom is -0.294 e. The maximum atomic E-state index is 12.7. The first-order valence-corrected chi connectivity index (χ1v) is 5.88. The number of ketones is 1. The van der Waals surface area contributed by atoms with E-state index < -0.39 is 25.5 Å². The molecule has 0 amide bonds. The molecule has 0 aliphatic carbocycles. The van der Waals surface area contributed by atoms with Crippen LogP contribution < -0.4 is 0 Å². The van der Waals surface area contributed by atoms with Gasteiger partial charge in [0, 0.05) is 16.2 Å². The highest BCUT2D eigenvalue weighted by Crippen LogP contribution is 2.21. The zero-order chi connectivity index (χ0) is 10.9. The van der Waals surface area contributed by atoms with Crippen molar-refractivity contribution < 1.29 is 17.6 Å². The molecule has 0 bridgehead atoms. The molecule has 1 aromatic rings. The van der Waals surface area contributed by atoms with Crippen LogP contribution in [0.1, 0.15) is 17.3 Å². The van der Waals surface area contributed by atoms with Crippen molar-refractivity contribution >= 4 is 25.5 Å². The molecule has 3 nitrogen and oxygen atoms in total. The first kappa shape index (κ1) is 11.1. The zero-order valence-electron chi connectivity index (χ0n) is 7.12. The Morgan fingerprint density at radius 3 is 2.43 bits per heavy atom. The lowest BCUT2D eigenvalue weighted by Gasteiger charge is -2.02. The number of carbonyl (C=O) groups is 1. The van der Waals surface area contributed by atoms with Crippen LogP contribution in [0.3, 0.4) is 0 Å². The van der Waals surface area contributed by atoms with Crippen molar-refractivity contribution in [3.63, 3.8) is 0 Å². The van der Waals surface area contributed by atoms with Crippen molar-refractivity contribution in [2.24, 2.45) is 0 Å². The van der Waals surface area contributed by atoms with Crippen LogP contribution >= 0.6 is 10.7 Å². The third kappa shape index (κ3) is 2.30. The fourth-order valence-corrected chi connectivity index (χ4v) is 2.10. The van der Waals surface area contributed by atoms with Gasteiger partial charge in [0.05, 0.1) is 4.90 Å². The molecule has 0 aromatic heterocycles. The molecule has 0 aliphatic rings. The quantitative estimate of drug-likeness (QED) is 0.583. The molecule has 14 heavy (non-hydrogen) atoms. The number of hydrogen-bond acceptors (Lipinski definition) is 3. The van der Waals surface area contributed by atoms with E-state index in [1.54, 1.807) is 0 Å². The molecule has 1 aromatic carbocycles. The standard InChI is InChI=1S/C8H6ClFO3S/c1-5(11)7-3-2-6(10)4-8(7)14(9,12)13/h2-4H,1H3.